The highest BCUT2D eigenvalue weighted by molar-refractivity contribution is 7.09. The van der Waals surface area contributed by atoms with Gasteiger partial charge in [0.05, 0.1) is 13.7 Å². The van der Waals surface area contributed by atoms with E-state index in [1.165, 1.54) is 4.88 Å². The van der Waals surface area contributed by atoms with Gasteiger partial charge in [-0.2, -0.15) is 0 Å². The summed E-state index contributed by atoms with van der Waals surface area (Å²) in [4.78, 5) is 5.52. The molecule has 0 spiro atoms. The van der Waals surface area contributed by atoms with E-state index in [1.807, 2.05) is 6.92 Å². The van der Waals surface area contributed by atoms with Crippen LogP contribution < -0.4 is 15.4 Å². The molecule has 0 amide bonds. The number of hydrogen-bond acceptors (Lipinski definition) is 3. The minimum absolute atomic E-state index is 0.709. The average molecular weight is 303 g/mol. The summed E-state index contributed by atoms with van der Waals surface area (Å²) in [5.41, 5.74) is 2.30. The molecular weight excluding hydrogens is 282 g/mol. The van der Waals surface area contributed by atoms with Gasteiger partial charge in [-0.25, -0.2) is 0 Å². The van der Waals surface area contributed by atoms with Crippen molar-refractivity contribution in [3.8, 4) is 5.75 Å². The Morgan fingerprint density at radius 2 is 2.05 bits per heavy atom. The fraction of sp³-hybridized carbons (Fsp3) is 0.312. The molecule has 4 nitrogen and oxygen atoms in total. The zero-order valence-corrected chi connectivity index (χ0v) is 13.5. The van der Waals surface area contributed by atoms with Crippen molar-refractivity contribution in [3.63, 3.8) is 0 Å². The van der Waals surface area contributed by atoms with Crippen LogP contribution in [0.5, 0.6) is 5.75 Å². The van der Waals surface area contributed by atoms with Gasteiger partial charge in [-0.15, -0.1) is 11.3 Å². The van der Waals surface area contributed by atoms with E-state index in [9.17, 15) is 0 Å². The van der Waals surface area contributed by atoms with Gasteiger partial charge < -0.3 is 15.4 Å². The summed E-state index contributed by atoms with van der Waals surface area (Å²) in [7, 11) is 3.47. The first-order valence-corrected chi connectivity index (χ1v) is 7.71. The van der Waals surface area contributed by atoms with E-state index in [0.29, 0.717) is 6.54 Å². The van der Waals surface area contributed by atoms with E-state index >= 15 is 0 Å². The molecule has 1 aromatic carbocycles. The summed E-state index contributed by atoms with van der Waals surface area (Å²) in [6.07, 6.45) is 0. The topological polar surface area (TPSA) is 45.7 Å². The number of benzene rings is 1. The molecule has 0 saturated carbocycles. The Bertz CT molecular complexity index is 594. The number of nitrogens with one attached hydrogen (secondary N) is 2. The maximum Gasteiger partial charge on any atom is 0.191 e. The summed E-state index contributed by atoms with van der Waals surface area (Å²) >= 11 is 1.73. The van der Waals surface area contributed by atoms with Crippen LogP contribution in [0.4, 0.5) is 0 Å². The number of aryl methyl sites for hydroxylation is 1. The van der Waals surface area contributed by atoms with Gasteiger partial charge in [-0.05, 0) is 35.6 Å². The Morgan fingerprint density at radius 1 is 1.24 bits per heavy atom. The molecule has 0 fully saturated rings. The third-order valence-corrected chi connectivity index (χ3v) is 4.04. The van der Waals surface area contributed by atoms with Crippen molar-refractivity contribution in [2.45, 2.75) is 20.0 Å². The maximum absolute atomic E-state index is 5.34. The van der Waals surface area contributed by atoms with Gasteiger partial charge in [0.15, 0.2) is 5.96 Å². The lowest BCUT2D eigenvalue weighted by atomic mass is 10.1. The van der Waals surface area contributed by atoms with Crippen LogP contribution in [0.3, 0.4) is 0 Å². The Kier molecular flexibility index (Phi) is 5.63. The van der Waals surface area contributed by atoms with E-state index in [4.69, 9.17) is 4.74 Å². The monoisotopic (exact) mass is 303 g/mol. The lowest BCUT2D eigenvalue weighted by molar-refractivity contribution is 0.411. The van der Waals surface area contributed by atoms with Crippen molar-refractivity contribution in [1.29, 1.82) is 0 Å². The zero-order valence-electron chi connectivity index (χ0n) is 12.6. The Balaban J connectivity index is 1.88. The number of ether oxygens (including phenoxy) is 1. The van der Waals surface area contributed by atoms with Gasteiger partial charge in [0.2, 0.25) is 0 Å². The van der Waals surface area contributed by atoms with Gasteiger partial charge in [0, 0.05) is 18.5 Å². The van der Waals surface area contributed by atoms with E-state index in [0.717, 1.165) is 29.4 Å². The SMILES string of the molecule is CN=C(NCc1ccc(C)c(OC)c1)NCc1cccs1. The number of methoxy groups -OCH3 is 1. The maximum atomic E-state index is 5.34. The highest BCUT2D eigenvalue weighted by Gasteiger charge is 2.02. The smallest absolute Gasteiger partial charge is 0.191 e. The normalized spacial score (nSPS) is 11.3. The van der Waals surface area contributed by atoms with Gasteiger partial charge in [0.25, 0.3) is 0 Å². The second-order valence-corrected chi connectivity index (χ2v) is 5.69. The third kappa shape index (κ3) is 4.49. The van der Waals surface area contributed by atoms with E-state index < -0.39 is 0 Å². The molecule has 21 heavy (non-hydrogen) atoms. The number of nitrogens with zero attached hydrogens (tertiary/aromatic N) is 1. The largest absolute Gasteiger partial charge is 0.496 e. The van der Waals surface area contributed by atoms with E-state index in [1.54, 1.807) is 25.5 Å². The van der Waals surface area contributed by atoms with Gasteiger partial charge in [-0.3, -0.25) is 4.99 Å². The number of rotatable bonds is 5. The summed E-state index contributed by atoms with van der Waals surface area (Å²) in [6, 6.07) is 10.4. The van der Waals surface area contributed by atoms with Crippen LogP contribution in [0.2, 0.25) is 0 Å². The third-order valence-electron chi connectivity index (χ3n) is 3.17. The molecule has 1 aromatic heterocycles. The molecule has 0 aliphatic carbocycles. The highest BCUT2D eigenvalue weighted by atomic mass is 32.1. The van der Waals surface area contributed by atoms with Gasteiger partial charge in [0.1, 0.15) is 5.75 Å². The average Bonchev–Trinajstić information content (AvgIpc) is 3.02. The molecule has 0 aliphatic heterocycles. The summed E-state index contributed by atoms with van der Waals surface area (Å²) in [6.45, 7) is 3.53. The molecule has 0 aliphatic rings. The molecule has 0 radical (unpaired) electrons. The van der Waals surface area contributed by atoms with Crippen LogP contribution in [0.15, 0.2) is 40.7 Å². The van der Waals surface area contributed by atoms with Crippen molar-refractivity contribution in [2.24, 2.45) is 4.99 Å². The van der Waals surface area contributed by atoms with Crippen LogP contribution >= 0.6 is 11.3 Å². The first-order chi connectivity index (χ1) is 10.2. The van der Waals surface area contributed by atoms with Crippen LogP contribution in [0, 0.1) is 6.92 Å². The van der Waals surface area contributed by atoms with Crippen LogP contribution in [-0.4, -0.2) is 20.1 Å². The van der Waals surface area contributed by atoms with E-state index in [2.05, 4.69) is 51.3 Å². The first-order valence-electron chi connectivity index (χ1n) is 6.83. The number of thiophene rings is 1. The van der Waals surface area contributed by atoms with Crippen LogP contribution in [-0.2, 0) is 13.1 Å². The van der Waals surface area contributed by atoms with Crippen LogP contribution in [0.25, 0.3) is 0 Å². The summed E-state index contributed by atoms with van der Waals surface area (Å²) in [5.74, 6) is 1.71. The molecule has 0 bridgehead atoms. The van der Waals surface area contributed by atoms with Crippen molar-refractivity contribution in [3.05, 3.63) is 51.7 Å². The molecule has 5 heteroatoms. The molecule has 0 saturated heterocycles. The molecule has 1 heterocycles. The molecule has 2 aromatic rings. The lowest BCUT2D eigenvalue weighted by Crippen LogP contribution is -2.36. The standard InChI is InChI=1S/C16H21N3OS/c1-12-6-7-13(9-15(12)20-3)10-18-16(17-2)19-11-14-5-4-8-21-14/h4-9H,10-11H2,1-3H3,(H2,17,18,19). The Hall–Kier alpha value is -2.01. The first kappa shape index (κ1) is 15.4. The van der Waals surface area contributed by atoms with Crippen molar-refractivity contribution < 1.29 is 4.74 Å². The summed E-state index contributed by atoms with van der Waals surface area (Å²) < 4.78 is 5.34. The molecule has 112 valence electrons. The van der Waals surface area contributed by atoms with Gasteiger partial charge >= 0.3 is 0 Å². The second-order valence-electron chi connectivity index (χ2n) is 4.66. The van der Waals surface area contributed by atoms with Crippen LogP contribution in [0.1, 0.15) is 16.0 Å². The van der Waals surface area contributed by atoms with Gasteiger partial charge in [-0.1, -0.05) is 18.2 Å². The fourth-order valence-electron chi connectivity index (χ4n) is 1.96. The minimum atomic E-state index is 0.709. The zero-order chi connectivity index (χ0) is 15.1. The fourth-order valence-corrected chi connectivity index (χ4v) is 2.61. The number of aliphatic imine (C=N–C) groups is 1. The Labute approximate surface area is 129 Å². The number of guanidine groups is 1. The molecule has 0 atom stereocenters. The highest BCUT2D eigenvalue weighted by Crippen LogP contribution is 2.18. The second kappa shape index (κ2) is 7.69. The number of hydrogen-bond donors (Lipinski definition) is 2. The molecular formula is C16H21N3OS. The summed E-state index contributed by atoms with van der Waals surface area (Å²) in [5, 5.41) is 8.68. The Morgan fingerprint density at radius 3 is 2.71 bits per heavy atom. The van der Waals surface area contributed by atoms with E-state index in [-0.39, 0.29) is 0 Å². The predicted molar refractivity (Wildman–Crippen MR) is 89.1 cm³/mol. The molecule has 0 unspecified atom stereocenters. The quantitative estimate of drug-likeness (QED) is 0.659. The molecule has 2 N–H and O–H groups in total. The van der Waals surface area contributed by atoms with Crippen molar-refractivity contribution >= 4 is 17.3 Å². The minimum Gasteiger partial charge on any atom is -0.496 e. The lowest BCUT2D eigenvalue weighted by Gasteiger charge is -2.12. The molecule has 2 rings (SSSR count). The van der Waals surface area contributed by atoms with Crippen molar-refractivity contribution in [2.75, 3.05) is 14.2 Å². The predicted octanol–water partition coefficient (Wildman–Crippen LogP) is 2.93. The van der Waals surface area contributed by atoms with Crippen molar-refractivity contribution in [1.82, 2.24) is 10.6 Å².